The Hall–Kier alpha value is -3.82. The van der Waals surface area contributed by atoms with Crippen molar-refractivity contribution in [1.82, 2.24) is 14.2 Å². The highest BCUT2D eigenvalue weighted by atomic mass is 79.9. The van der Waals surface area contributed by atoms with Crippen molar-refractivity contribution < 1.29 is 4.79 Å². The van der Waals surface area contributed by atoms with Gasteiger partial charge in [0.2, 0.25) is 0 Å². The molecule has 9 heteroatoms. The predicted molar refractivity (Wildman–Crippen MR) is 187 cm³/mol. The molecular weight excluding hydrogens is 646 g/mol. The molecule has 7 nitrogen and oxygen atoms in total. The van der Waals surface area contributed by atoms with Crippen molar-refractivity contribution in [1.29, 1.82) is 0 Å². The van der Waals surface area contributed by atoms with Crippen LogP contribution in [0.1, 0.15) is 94.4 Å². The molecule has 3 heterocycles. The van der Waals surface area contributed by atoms with E-state index in [0.717, 1.165) is 94.9 Å². The molecule has 0 aliphatic heterocycles. The Balaban J connectivity index is 1.31. The van der Waals surface area contributed by atoms with Gasteiger partial charge in [0.1, 0.15) is 10.8 Å². The average molecular weight is 683 g/mol. The second kappa shape index (κ2) is 12.5. The van der Waals surface area contributed by atoms with Crippen LogP contribution in [0.4, 0.5) is 5.69 Å². The summed E-state index contributed by atoms with van der Waals surface area (Å²) in [5, 5.41) is 9.46. The molecule has 3 aromatic heterocycles. The smallest absolute Gasteiger partial charge is 0.282 e. The number of para-hydroxylation sites is 1. The molecule has 7 rings (SSSR count). The van der Waals surface area contributed by atoms with E-state index in [0.29, 0.717) is 10.9 Å². The molecule has 0 spiro atoms. The number of halogens is 1. The van der Waals surface area contributed by atoms with Crippen LogP contribution in [0.25, 0.3) is 15.9 Å². The number of amides is 1. The van der Waals surface area contributed by atoms with E-state index in [4.69, 9.17) is 10.1 Å². The van der Waals surface area contributed by atoms with E-state index in [1.54, 1.807) is 17.6 Å². The Morgan fingerprint density at radius 3 is 2.60 bits per heavy atom. The summed E-state index contributed by atoms with van der Waals surface area (Å²) in [7, 11) is 0. The highest BCUT2D eigenvalue weighted by Gasteiger charge is 2.28. The summed E-state index contributed by atoms with van der Waals surface area (Å²) in [4.78, 5) is 34.0. The summed E-state index contributed by atoms with van der Waals surface area (Å²) < 4.78 is 4.55. The lowest BCUT2D eigenvalue weighted by Gasteiger charge is -2.22. The number of benzene rings is 2. The van der Waals surface area contributed by atoms with Gasteiger partial charge in [0, 0.05) is 37.9 Å². The first-order chi connectivity index (χ1) is 21.9. The molecule has 2 aromatic carbocycles. The predicted octanol–water partition coefficient (Wildman–Crippen LogP) is 8.69. The Labute approximate surface area is 275 Å². The van der Waals surface area contributed by atoms with Gasteiger partial charge in [-0.05, 0) is 94.3 Å². The van der Waals surface area contributed by atoms with Gasteiger partial charge in [-0.1, -0.05) is 53.4 Å². The van der Waals surface area contributed by atoms with Crippen molar-refractivity contribution in [3.63, 3.8) is 0 Å². The van der Waals surface area contributed by atoms with Gasteiger partial charge in [0.05, 0.1) is 22.7 Å². The van der Waals surface area contributed by atoms with Crippen LogP contribution in [0.5, 0.6) is 0 Å². The van der Waals surface area contributed by atoms with Crippen LogP contribution in [0.2, 0.25) is 0 Å². The molecular formula is C36H36BrN5O2S. The standard InChI is InChI=1S/C36H36BrN5O2S/c1-22-19-25(21-38-42-33(24-11-5-3-6-12-24)40-30-18-17-26(37)20-29(30)35(42)44)23(2)41(22)36-32(28-15-9-10-16-31(28)45-36)34(43)39-27-13-7-4-8-14-27/h4,7-8,13-14,17-21,24H,3,5-6,9-12,15-16H2,1-2H3,(H,39,43). The fourth-order valence-corrected chi connectivity index (χ4v) is 8.77. The minimum atomic E-state index is -0.155. The average Bonchev–Trinajstić information content (AvgIpc) is 3.57. The van der Waals surface area contributed by atoms with Gasteiger partial charge in [-0.15, -0.1) is 11.3 Å². The SMILES string of the molecule is Cc1cc(C=Nn2c(C3CCCCC3)nc3ccc(Br)cc3c2=O)c(C)n1-c1sc2c(c1C(=O)Nc1ccccc1)CCCC2. The van der Waals surface area contributed by atoms with Crippen molar-refractivity contribution in [2.45, 2.75) is 77.6 Å². The van der Waals surface area contributed by atoms with Crippen molar-refractivity contribution in [3.8, 4) is 5.00 Å². The van der Waals surface area contributed by atoms with E-state index in [1.165, 1.54) is 21.5 Å². The number of carbonyl (C=O) groups is 1. The fourth-order valence-electron chi connectivity index (χ4n) is 6.91. The van der Waals surface area contributed by atoms with E-state index < -0.39 is 0 Å². The van der Waals surface area contributed by atoms with Crippen molar-refractivity contribution in [2.75, 3.05) is 5.32 Å². The lowest BCUT2D eigenvalue weighted by Crippen LogP contribution is -2.25. The summed E-state index contributed by atoms with van der Waals surface area (Å²) in [6, 6.07) is 17.4. The topological polar surface area (TPSA) is 81.3 Å². The molecule has 0 saturated heterocycles. The molecule has 1 saturated carbocycles. The molecule has 1 amide bonds. The Bertz CT molecular complexity index is 2000. The number of hydrogen-bond acceptors (Lipinski definition) is 5. The molecule has 230 valence electrons. The number of carbonyl (C=O) groups excluding carboxylic acids is 1. The third-order valence-electron chi connectivity index (χ3n) is 9.20. The van der Waals surface area contributed by atoms with Crippen LogP contribution in [0.15, 0.2) is 69.0 Å². The molecule has 0 bridgehead atoms. The van der Waals surface area contributed by atoms with Crippen molar-refractivity contribution in [3.05, 3.63) is 108 Å². The second-order valence-electron chi connectivity index (χ2n) is 12.2. The Morgan fingerprint density at radius 1 is 1.02 bits per heavy atom. The lowest BCUT2D eigenvalue weighted by atomic mass is 9.88. The van der Waals surface area contributed by atoms with Crippen LogP contribution in [-0.2, 0) is 12.8 Å². The van der Waals surface area contributed by atoms with Crippen LogP contribution < -0.4 is 10.9 Å². The number of fused-ring (bicyclic) bond motifs is 2. The molecule has 45 heavy (non-hydrogen) atoms. The zero-order valence-corrected chi connectivity index (χ0v) is 28.0. The van der Waals surface area contributed by atoms with Crippen LogP contribution >= 0.6 is 27.3 Å². The molecule has 1 N–H and O–H groups in total. The Kier molecular flexibility index (Phi) is 8.31. The number of rotatable bonds is 6. The normalized spacial score (nSPS) is 15.5. The van der Waals surface area contributed by atoms with Crippen LogP contribution in [0.3, 0.4) is 0 Å². The van der Waals surface area contributed by atoms with E-state index in [2.05, 4.69) is 45.7 Å². The maximum Gasteiger partial charge on any atom is 0.282 e. The highest BCUT2D eigenvalue weighted by molar-refractivity contribution is 9.10. The summed E-state index contributed by atoms with van der Waals surface area (Å²) in [5.41, 5.74) is 6.18. The number of aromatic nitrogens is 3. The van der Waals surface area contributed by atoms with Crippen LogP contribution in [-0.4, -0.2) is 26.3 Å². The van der Waals surface area contributed by atoms with Crippen molar-refractivity contribution >= 4 is 56.0 Å². The number of thiophene rings is 1. The molecule has 1 fully saturated rings. The van der Waals surface area contributed by atoms with Crippen molar-refractivity contribution in [2.24, 2.45) is 5.10 Å². The first-order valence-electron chi connectivity index (χ1n) is 15.9. The number of aryl methyl sites for hydroxylation is 2. The molecule has 0 atom stereocenters. The monoisotopic (exact) mass is 681 g/mol. The fraction of sp³-hybridized carbons (Fsp3) is 0.333. The third-order valence-corrected chi connectivity index (χ3v) is 11.0. The number of hydrogen-bond donors (Lipinski definition) is 1. The van der Waals surface area contributed by atoms with Gasteiger partial charge in [-0.2, -0.15) is 9.78 Å². The summed E-state index contributed by atoms with van der Waals surface area (Å²) >= 11 is 5.24. The van der Waals surface area contributed by atoms with Crippen LogP contribution in [0, 0.1) is 13.8 Å². The first kappa shape index (κ1) is 29.9. The molecule has 0 radical (unpaired) electrons. The van der Waals surface area contributed by atoms with Gasteiger partial charge < -0.3 is 9.88 Å². The zero-order valence-electron chi connectivity index (χ0n) is 25.6. The lowest BCUT2D eigenvalue weighted by molar-refractivity contribution is 0.102. The van der Waals surface area contributed by atoms with Gasteiger partial charge >= 0.3 is 0 Å². The van der Waals surface area contributed by atoms with E-state index in [9.17, 15) is 9.59 Å². The highest BCUT2D eigenvalue weighted by Crippen LogP contribution is 2.39. The summed E-state index contributed by atoms with van der Waals surface area (Å²) in [6.45, 7) is 4.13. The molecule has 5 aromatic rings. The van der Waals surface area contributed by atoms with E-state index in [1.807, 2.05) is 48.5 Å². The Morgan fingerprint density at radius 2 is 1.80 bits per heavy atom. The minimum Gasteiger partial charge on any atom is -0.322 e. The largest absolute Gasteiger partial charge is 0.322 e. The summed E-state index contributed by atoms with van der Waals surface area (Å²) in [6.07, 6.45) is 11.4. The maximum atomic E-state index is 13.9. The van der Waals surface area contributed by atoms with Gasteiger partial charge in [0.15, 0.2) is 0 Å². The van der Waals surface area contributed by atoms with E-state index in [-0.39, 0.29) is 17.4 Å². The molecule has 2 aliphatic rings. The number of nitrogens with one attached hydrogen (secondary N) is 1. The summed E-state index contributed by atoms with van der Waals surface area (Å²) in [5.74, 6) is 0.868. The quantitative estimate of drug-likeness (QED) is 0.182. The zero-order chi connectivity index (χ0) is 31.1. The van der Waals surface area contributed by atoms with Gasteiger partial charge in [-0.3, -0.25) is 9.59 Å². The van der Waals surface area contributed by atoms with E-state index >= 15 is 0 Å². The number of nitrogens with zero attached hydrogens (tertiary/aromatic N) is 4. The first-order valence-corrected chi connectivity index (χ1v) is 17.5. The van der Waals surface area contributed by atoms with Gasteiger partial charge in [-0.25, -0.2) is 4.98 Å². The minimum absolute atomic E-state index is 0.0737. The molecule has 2 aliphatic carbocycles. The molecule has 0 unspecified atom stereocenters. The maximum absolute atomic E-state index is 13.9. The second-order valence-corrected chi connectivity index (χ2v) is 14.2. The number of anilines is 1. The third kappa shape index (κ3) is 5.72. The van der Waals surface area contributed by atoms with Gasteiger partial charge in [0.25, 0.3) is 11.5 Å².